The first kappa shape index (κ1) is 14.3. The highest BCUT2D eigenvalue weighted by molar-refractivity contribution is 9.10. The van der Waals surface area contributed by atoms with Crippen LogP contribution in [0.25, 0.3) is 0 Å². The Morgan fingerprint density at radius 1 is 1.37 bits per heavy atom. The number of likely N-dealkylation sites (tertiary alicyclic amines) is 1. The summed E-state index contributed by atoms with van der Waals surface area (Å²) >= 11 is 11.3. The first-order valence-corrected chi connectivity index (χ1v) is 8.82. The highest BCUT2D eigenvalue weighted by Crippen LogP contribution is 2.33. The van der Waals surface area contributed by atoms with E-state index >= 15 is 0 Å². The van der Waals surface area contributed by atoms with E-state index in [1.165, 1.54) is 37.5 Å². The van der Waals surface area contributed by atoms with Gasteiger partial charge < -0.3 is 5.32 Å². The quantitative estimate of drug-likeness (QED) is 0.889. The zero-order chi connectivity index (χ0) is 13.2. The number of halogens is 2. The molecule has 3 heterocycles. The molecule has 3 rings (SSSR count). The smallest absolute Gasteiger partial charge is 0.107 e. The normalized spacial score (nSPS) is 26.1. The molecule has 0 aliphatic carbocycles. The minimum atomic E-state index is 0.751. The molecule has 0 saturated carbocycles. The molecule has 1 unspecified atom stereocenters. The molecule has 0 spiro atoms. The minimum absolute atomic E-state index is 0.751. The third kappa shape index (κ3) is 3.52. The highest BCUT2D eigenvalue weighted by Gasteiger charge is 2.28. The number of thiophene rings is 1. The van der Waals surface area contributed by atoms with Crippen molar-refractivity contribution in [2.45, 2.75) is 19.0 Å². The van der Waals surface area contributed by atoms with Gasteiger partial charge in [-0.15, -0.1) is 11.3 Å². The van der Waals surface area contributed by atoms with Crippen LogP contribution in [0.15, 0.2) is 10.5 Å². The Kier molecular flexibility index (Phi) is 4.82. The van der Waals surface area contributed by atoms with Crippen LogP contribution < -0.4 is 5.32 Å². The predicted octanol–water partition coefficient (Wildman–Crippen LogP) is 2.64. The molecule has 1 aromatic rings. The van der Waals surface area contributed by atoms with Crippen LogP contribution in [0.5, 0.6) is 0 Å². The molecular formula is C13H19BrClN3S. The average molecular weight is 365 g/mol. The first-order chi connectivity index (χ1) is 9.22. The maximum atomic E-state index is 6.10. The zero-order valence-corrected chi connectivity index (χ0v) is 14.0. The molecule has 1 N–H and O–H groups in total. The van der Waals surface area contributed by atoms with Crippen LogP contribution in [-0.4, -0.2) is 55.1 Å². The van der Waals surface area contributed by atoms with Gasteiger partial charge in [0.25, 0.3) is 0 Å². The molecule has 2 aliphatic rings. The van der Waals surface area contributed by atoms with E-state index in [1.807, 2.05) is 0 Å². The molecule has 0 radical (unpaired) electrons. The molecule has 0 amide bonds. The second kappa shape index (κ2) is 6.41. The van der Waals surface area contributed by atoms with Crippen molar-refractivity contribution < 1.29 is 0 Å². The average Bonchev–Trinajstić information content (AvgIpc) is 2.99. The lowest BCUT2D eigenvalue weighted by Crippen LogP contribution is -2.49. The fourth-order valence-corrected chi connectivity index (χ4v) is 4.82. The van der Waals surface area contributed by atoms with E-state index in [0.29, 0.717) is 0 Å². The number of hydrogen-bond acceptors (Lipinski definition) is 4. The molecular weight excluding hydrogens is 346 g/mol. The van der Waals surface area contributed by atoms with Gasteiger partial charge in [0.05, 0.1) is 0 Å². The Balaban J connectivity index is 1.53. The summed E-state index contributed by atoms with van der Waals surface area (Å²) in [5.41, 5.74) is 0. The van der Waals surface area contributed by atoms with Gasteiger partial charge in [0, 0.05) is 61.2 Å². The van der Waals surface area contributed by atoms with Crippen LogP contribution >= 0.6 is 38.9 Å². The van der Waals surface area contributed by atoms with Crippen molar-refractivity contribution in [1.82, 2.24) is 15.1 Å². The standard InChI is InChI=1S/C13H19BrClN3S/c14-12-7-11(19-13(12)15)9-17-4-1-10(8-17)18-5-2-16-3-6-18/h7,10,16H,1-6,8-9H2. The van der Waals surface area contributed by atoms with Gasteiger partial charge in [-0.2, -0.15) is 0 Å². The summed E-state index contributed by atoms with van der Waals surface area (Å²) in [5, 5.41) is 3.42. The lowest BCUT2D eigenvalue weighted by molar-refractivity contribution is 0.170. The Labute approximate surface area is 132 Å². The summed E-state index contributed by atoms with van der Waals surface area (Å²) < 4.78 is 1.90. The monoisotopic (exact) mass is 363 g/mol. The van der Waals surface area contributed by atoms with Crippen molar-refractivity contribution >= 4 is 38.9 Å². The van der Waals surface area contributed by atoms with Crippen LogP contribution in [0.2, 0.25) is 4.34 Å². The predicted molar refractivity (Wildman–Crippen MR) is 85.2 cm³/mol. The highest BCUT2D eigenvalue weighted by atomic mass is 79.9. The van der Waals surface area contributed by atoms with Crippen LogP contribution in [0.4, 0.5) is 0 Å². The third-order valence-electron chi connectivity index (χ3n) is 3.99. The van der Waals surface area contributed by atoms with Gasteiger partial charge in [0.15, 0.2) is 0 Å². The van der Waals surface area contributed by atoms with E-state index < -0.39 is 0 Å². The van der Waals surface area contributed by atoms with E-state index in [2.05, 4.69) is 37.1 Å². The van der Waals surface area contributed by atoms with E-state index in [-0.39, 0.29) is 0 Å². The Morgan fingerprint density at radius 2 is 2.16 bits per heavy atom. The van der Waals surface area contributed by atoms with E-state index in [0.717, 1.165) is 34.5 Å². The molecule has 2 fully saturated rings. The van der Waals surface area contributed by atoms with Crippen molar-refractivity contribution in [3.05, 3.63) is 19.8 Å². The van der Waals surface area contributed by atoms with Gasteiger partial charge >= 0.3 is 0 Å². The molecule has 2 aliphatic heterocycles. The van der Waals surface area contributed by atoms with Gasteiger partial charge in [0.1, 0.15) is 4.34 Å². The van der Waals surface area contributed by atoms with E-state index in [1.54, 1.807) is 11.3 Å². The summed E-state index contributed by atoms with van der Waals surface area (Å²) in [6.07, 6.45) is 1.31. The number of rotatable bonds is 3. The fourth-order valence-electron chi connectivity index (χ4n) is 2.99. The minimum Gasteiger partial charge on any atom is -0.314 e. The fraction of sp³-hybridized carbons (Fsp3) is 0.692. The molecule has 106 valence electrons. The van der Waals surface area contributed by atoms with Gasteiger partial charge in [-0.25, -0.2) is 0 Å². The van der Waals surface area contributed by atoms with Gasteiger partial charge in [-0.05, 0) is 28.4 Å². The van der Waals surface area contributed by atoms with Crippen LogP contribution in [0.1, 0.15) is 11.3 Å². The van der Waals surface area contributed by atoms with Gasteiger partial charge in [-0.1, -0.05) is 11.6 Å². The summed E-state index contributed by atoms with van der Waals surface area (Å²) in [7, 11) is 0. The maximum absolute atomic E-state index is 6.10. The summed E-state index contributed by atoms with van der Waals surface area (Å²) in [5.74, 6) is 0. The van der Waals surface area contributed by atoms with Crippen LogP contribution in [-0.2, 0) is 6.54 Å². The number of nitrogens with one attached hydrogen (secondary N) is 1. The lowest BCUT2D eigenvalue weighted by atomic mass is 10.2. The Morgan fingerprint density at radius 3 is 2.84 bits per heavy atom. The lowest BCUT2D eigenvalue weighted by Gasteiger charge is -2.32. The third-order valence-corrected chi connectivity index (χ3v) is 6.45. The largest absolute Gasteiger partial charge is 0.314 e. The summed E-state index contributed by atoms with van der Waals surface area (Å²) in [6, 6.07) is 2.91. The molecule has 3 nitrogen and oxygen atoms in total. The first-order valence-electron chi connectivity index (χ1n) is 6.83. The molecule has 6 heteroatoms. The molecule has 2 saturated heterocycles. The number of nitrogens with zero attached hydrogens (tertiary/aromatic N) is 2. The van der Waals surface area contributed by atoms with Gasteiger partial charge in [0.2, 0.25) is 0 Å². The summed E-state index contributed by atoms with van der Waals surface area (Å²) in [6.45, 7) is 8.14. The summed E-state index contributed by atoms with van der Waals surface area (Å²) in [4.78, 5) is 6.56. The van der Waals surface area contributed by atoms with Crippen molar-refractivity contribution in [2.24, 2.45) is 0 Å². The number of hydrogen-bond donors (Lipinski definition) is 1. The van der Waals surface area contributed by atoms with E-state index in [4.69, 9.17) is 11.6 Å². The Hall–Kier alpha value is 0.350. The van der Waals surface area contributed by atoms with E-state index in [9.17, 15) is 0 Å². The van der Waals surface area contributed by atoms with Crippen molar-refractivity contribution in [3.8, 4) is 0 Å². The molecule has 0 bridgehead atoms. The van der Waals surface area contributed by atoms with Crippen molar-refractivity contribution in [1.29, 1.82) is 0 Å². The SMILES string of the molecule is Clc1sc(CN2CCC(N3CCNCC3)C2)cc1Br. The second-order valence-corrected chi connectivity index (χ2v) is 7.89. The van der Waals surface area contributed by atoms with Crippen molar-refractivity contribution in [3.63, 3.8) is 0 Å². The van der Waals surface area contributed by atoms with Crippen LogP contribution in [0.3, 0.4) is 0 Å². The van der Waals surface area contributed by atoms with Gasteiger partial charge in [-0.3, -0.25) is 9.80 Å². The maximum Gasteiger partial charge on any atom is 0.107 e. The zero-order valence-electron chi connectivity index (χ0n) is 10.9. The van der Waals surface area contributed by atoms with Crippen LogP contribution in [0, 0.1) is 0 Å². The molecule has 1 atom stereocenters. The topological polar surface area (TPSA) is 18.5 Å². The molecule has 0 aromatic carbocycles. The molecule has 1 aromatic heterocycles. The van der Waals surface area contributed by atoms with Crippen molar-refractivity contribution in [2.75, 3.05) is 39.3 Å². The second-order valence-electron chi connectivity index (χ2n) is 5.30. The Bertz CT molecular complexity index is 414. The molecule has 19 heavy (non-hydrogen) atoms. The number of piperazine rings is 1.